The summed E-state index contributed by atoms with van der Waals surface area (Å²) in [6, 6.07) is 0. The third-order valence-corrected chi connectivity index (χ3v) is 6.01. The number of thiazole rings is 1. The highest BCUT2D eigenvalue weighted by molar-refractivity contribution is 7.11. The second kappa shape index (κ2) is 7.91. The molecular weight excluding hydrogens is 344 g/mol. The lowest BCUT2D eigenvalue weighted by atomic mass is 9.95. The third kappa shape index (κ3) is 3.64. The van der Waals surface area contributed by atoms with E-state index in [1.807, 2.05) is 11.3 Å². The van der Waals surface area contributed by atoms with Crippen LogP contribution in [0.3, 0.4) is 0 Å². The molecule has 2 aliphatic heterocycles. The Kier molecular flexibility index (Phi) is 5.86. The molecule has 0 aromatic carbocycles. The maximum absolute atomic E-state index is 4.49. The Morgan fingerprint density at radius 1 is 1.25 bits per heavy atom. The van der Waals surface area contributed by atoms with Gasteiger partial charge in [-0.15, -0.1) is 33.9 Å². The van der Waals surface area contributed by atoms with Crippen molar-refractivity contribution in [1.29, 1.82) is 0 Å². The van der Waals surface area contributed by atoms with Crippen LogP contribution in [0.15, 0.2) is 6.20 Å². The molecule has 6 nitrogen and oxygen atoms in total. The first kappa shape index (κ1) is 17.8. The van der Waals surface area contributed by atoms with Gasteiger partial charge in [0.1, 0.15) is 11.6 Å². The second-order valence-electron chi connectivity index (χ2n) is 6.43. The van der Waals surface area contributed by atoms with Gasteiger partial charge in [0.15, 0.2) is 0 Å². The molecule has 0 saturated carbocycles. The number of hydrogen-bond donors (Lipinski definition) is 1. The van der Waals surface area contributed by atoms with Gasteiger partial charge in [-0.05, 0) is 32.4 Å². The number of aromatic nitrogens is 4. The van der Waals surface area contributed by atoms with Crippen molar-refractivity contribution >= 4 is 23.7 Å². The number of nitrogens with zero attached hydrogens (tertiary/aromatic N) is 5. The minimum Gasteiger partial charge on any atom is -0.312 e. The lowest BCUT2D eigenvalue weighted by molar-refractivity contribution is 0.201. The third-order valence-electron chi connectivity index (χ3n) is 4.89. The van der Waals surface area contributed by atoms with Gasteiger partial charge in [-0.2, -0.15) is 0 Å². The molecule has 0 spiro atoms. The normalized spacial score (nSPS) is 19.0. The SMILES string of the molecule is CCc1ncc(CN2CCC(c3nnc4n3CCNC4)CC2)s1.Cl. The van der Waals surface area contributed by atoms with Gasteiger partial charge in [-0.3, -0.25) is 4.90 Å². The van der Waals surface area contributed by atoms with E-state index >= 15 is 0 Å². The lowest BCUT2D eigenvalue weighted by Crippen LogP contribution is -2.34. The van der Waals surface area contributed by atoms with Gasteiger partial charge in [-0.1, -0.05) is 6.92 Å². The molecule has 0 amide bonds. The van der Waals surface area contributed by atoms with Crippen molar-refractivity contribution in [3.63, 3.8) is 0 Å². The largest absolute Gasteiger partial charge is 0.312 e. The second-order valence-corrected chi connectivity index (χ2v) is 7.63. The number of rotatable bonds is 4. The average molecular weight is 369 g/mol. The van der Waals surface area contributed by atoms with Gasteiger partial charge in [0.05, 0.1) is 11.6 Å². The zero-order valence-corrected chi connectivity index (χ0v) is 15.7. The fourth-order valence-corrected chi connectivity index (χ4v) is 4.48. The molecule has 8 heteroatoms. The van der Waals surface area contributed by atoms with Gasteiger partial charge >= 0.3 is 0 Å². The topological polar surface area (TPSA) is 58.9 Å². The summed E-state index contributed by atoms with van der Waals surface area (Å²) in [5.74, 6) is 2.89. The first-order valence-electron chi connectivity index (χ1n) is 8.62. The Labute approximate surface area is 153 Å². The van der Waals surface area contributed by atoms with Crippen molar-refractivity contribution in [2.24, 2.45) is 0 Å². The molecule has 0 aliphatic carbocycles. The van der Waals surface area contributed by atoms with Gasteiger partial charge in [-0.25, -0.2) is 4.98 Å². The fraction of sp³-hybridized carbons (Fsp3) is 0.688. The van der Waals surface area contributed by atoms with Crippen LogP contribution in [0.1, 0.15) is 47.2 Å². The summed E-state index contributed by atoms with van der Waals surface area (Å²) in [7, 11) is 0. The van der Waals surface area contributed by atoms with Crippen LogP contribution in [0, 0.1) is 0 Å². The monoisotopic (exact) mass is 368 g/mol. The van der Waals surface area contributed by atoms with Crippen molar-refractivity contribution in [3.8, 4) is 0 Å². The highest BCUT2D eigenvalue weighted by Gasteiger charge is 2.27. The summed E-state index contributed by atoms with van der Waals surface area (Å²) in [6.45, 7) is 8.40. The molecule has 24 heavy (non-hydrogen) atoms. The smallest absolute Gasteiger partial charge is 0.147 e. The van der Waals surface area contributed by atoms with Crippen LogP contribution in [0.5, 0.6) is 0 Å². The van der Waals surface area contributed by atoms with E-state index in [0.717, 1.165) is 51.5 Å². The molecule has 1 fully saturated rings. The number of hydrogen-bond acceptors (Lipinski definition) is 6. The summed E-state index contributed by atoms with van der Waals surface area (Å²) < 4.78 is 2.34. The van der Waals surface area contributed by atoms with E-state index in [9.17, 15) is 0 Å². The summed E-state index contributed by atoms with van der Waals surface area (Å²) in [5.41, 5.74) is 0. The molecule has 4 heterocycles. The summed E-state index contributed by atoms with van der Waals surface area (Å²) >= 11 is 1.86. The first-order valence-corrected chi connectivity index (χ1v) is 9.43. The van der Waals surface area contributed by atoms with Gasteiger partial charge in [0, 0.05) is 36.6 Å². The number of piperidine rings is 1. The predicted molar refractivity (Wildman–Crippen MR) is 97.7 cm³/mol. The molecule has 0 unspecified atom stereocenters. The Balaban J connectivity index is 0.00000169. The van der Waals surface area contributed by atoms with Crippen LogP contribution in [-0.4, -0.2) is 44.3 Å². The molecule has 0 atom stereocenters. The lowest BCUT2D eigenvalue weighted by Gasteiger charge is -2.31. The van der Waals surface area contributed by atoms with Gasteiger partial charge < -0.3 is 9.88 Å². The van der Waals surface area contributed by atoms with E-state index in [4.69, 9.17) is 0 Å². The minimum atomic E-state index is 0. The van der Waals surface area contributed by atoms with Crippen molar-refractivity contribution in [3.05, 3.63) is 27.7 Å². The zero-order chi connectivity index (χ0) is 15.6. The molecule has 2 aliphatic rings. The van der Waals surface area contributed by atoms with E-state index in [-0.39, 0.29) is 12.4 Å². The van der Waals surface area contributed by atoms with Crippen molar-refractivity contribution < 1.29 is 0 Å². The van der Waals surface area contributed by atoms with Crippen LogP contribution in [0.25, 0.3) is 0 Å². The predicted octanol–water partition coefficient (Wildman–Crippen LogP) is 2.20. The van der Waals surface area contributed by atoms with E-state index in [1.165, 1.54) is 28.6 Å². The number of likely N-dealkylation sites (tertiary alicyclic amines) is 1. The molecule has 2 aromatic rings. The highest BCUT2D eigenvalue weighted by atomic mass is 35.5. The number of halogens is 1. The highest BCUT2D eigenvalue weighted by Crippen LogP contribution is 2.29. The standard InChI is InChI=1S/C16H24N6S.ClH/c1-2-15-18-9-13(23-15)11-21-6-3-12(4-7-21)16-20-19-14-10-17-5-8-22(14)16;/h9,12,17H,2-8,10-11H2,1H3;1H. The molecule has 132 valence electrons. The molecule has 1 N–H and O–H groups in total. The number of aryl methyl sites for hydroxylation is 1. The van der Waals surface area contributed by atoms with Crippen molar-refractivity contribution in [1.82, 2.24) is 30.0 Å². The minimum absolute atomic E-state index is 0. The summed E-state index contributed by atoms with van der Waals surface area (Å²) in [5, 5.41) is 13.5. The van der Waals surface area contributed by atoms with Crippen molar-refractivity contribution in [2.75, 3.05) is 19.6 Å². The van der Waals surface area contributed by atoms with Crippen LogP contribution in [0.2, 0.25) is 0 Å². The Morgan fingerprint density at radius 3 is 2.83 bits per heavy atom. The number of nitrogens with one attached hydrogen (secondary N) is 1. The Hall–Kier alpha value is -1.02. The van der Waals surface area contributed by atoms with Gasteiger partial charge in [0.25, 0.3) is 0 Å². The van der Waals surface area contributed by atoms with Crippen LogP contribution in [0.4, 0.5) is 0 Å². The van der Waals surface area contributed by atoms with Crippen molar-refractivity contribution in [2.45, 2.75) is 51.7 Å². The van der Waals surface area contributed by atoms with E-state index in [1.54, 1.807) is 0 Å². The molecule has 0 bridgehead atoms. The van der Waals surface area contributed by atoms with Crippen LogP contribution in [-0.2, 0) is 26.1 Å². The van der Waals surface area contributed by atoms with Gasteiger partial charge in [0.2, 0.25) is 0 Å². The molecule has 4 rings (SSSR count). The number of fused-ring (bicyclic) bond motifs is 1. The fourth-order valence-electron chi connectivity index (χ4n) is 3.57. The summed E-state index contributed by atoms with van der Waals surface area (Å²) in [4.78, 5) is 8.42. The van der Waals surface area contributed by atoms with E-state index < -0.39 is 0 Å². The zero-order valence-electron chi connectivity index (χ0n) is 14.1. The van der Waals surface area contributed by atoms with E-state index in [2.05, 4.69) is 43.1 Å². The maximum Gasteiger partial charge on any atom is 0.147 e. The van der Waals surface area contributed by atoms with Crippen LogP contribution >= 0.6 is 23.7 Å². The molecule has 1 saturated heterocycles. The quantitative estimate of drug-likeness (QED) is 0.896. The average Bonchev–Trinajstić information content (AvgIpc) is 3.22. The Bertz CT molecular complexity index is 661. The maximum atomic E-state index is 4.49. The Morgan fingerprint density at radius 2 is 2.08 bits per heavy atom. The van der Waals surface area contributed by atoms with Crippen LogP contribution < -0.4 is 5.32 Å². The summed E-state index contributed by atoms with van der Waals surface area (Å²) in [6.07, 6.45) is 5.47. The molecule has 2 aromatic heterocycles. The first-order chi connectivity index (χ1) is 11.3. The molecule has 0 radical (unpaired) electrons. The molecular formula is C16H25ClN6S. The van der Waals surface area contributed by atoms with E-state index in [0.29, 0.717) is 5.92 Å².